The standard InChI is InChI=1S/C17H14N4OS/c22-14-10-23-16(12-5-4-8-18-9-12)15-17(20-14)19-11-21(15)13-6-2-1-3-7-13/h1-9,11,16H,10H2,(H,20,22)/t16-/m0/s1. The molecule has 0 spiro atoms. The number of carbonyl (C=O) groups is 1. The Morgan fingerprint density at radius 2 is 2.04 bits per heavy atom. The molecule has 23 heavy (non-hydrogen) atoms. The summed E-state index contributed by atoms with van der Waals surface area (Å²) in [5.41, 5.74) is 3.06. The summed E-state index contributed by atoms with van der Waals surface area (Å²) < 4.78 is 2.03. The fraction of sp³-hybridized carbons (Fsp3) is 0.118. The number of imidazole rings is 1. The number of hydrogen-bond donors (Lipinski definition) is 1. The Balaban J connectivity index is 1.89. The highest BCUT2D eigenvalue weighted by Crippen LogP contribution is 2.41. The number of fused-ring (bicyclic) bond motifs is 1. The topological polar surface area (TPSA) is 59.8 Å². The first-order chi connectivity index (χ1) is 11.3. The summed E-state index contributed by atoms with van der Waals surface area (Å²) in [4.78, 5) is 20.6. The summed E-state index contributed by atoms with van der Waals surface area (Å²) in [7, 11) is 0. The number of anilines is 1. The van der Waals surface area contributed by atoms with Crippen molar-refractivity contribution in [2.45, 2.75) is 5.25 Å². The molecule has 1 aliphatic rings. The highest BCUT2D eigenvalue weighted by atomic mass is 32.2. The van der Waals surface area contributed by atoms with Crippen molar-refractivity contribution in [1.82, 2.24) is 14.5 Å². The number of rotatable bonds is 2. The fourth-order valence-electron chi connectivity index (χ4n) is 2.69. The van der Waals surface area contributed by atoms with Crippen LogP contribution >= 0.6 is 11.8 Å². The maximum Gasteiger partial charge on any atom is 0.235 e. The van der Waals surface area contributed by atoms with E-state index in [9.17, 15) is 4.79 Å². The minimum absolute atomic E-state index is 0.000330. The summed E-state index contributed by atoms with van der Waals surface area (Å²) in [5, 5.41) is 2.90. The molecule has 2 aromatic heterocycles. The monoisotopic (exact) mass is 322 g/mol. The van der Waals surface area contributed by atoms with Gasteiger partial charge in [-0.3, -0.25) is 14.3 Å². The zero-order valence-electron chi connectivity index (χ0n) is 12.2. The quantitative estimate of drug-likeness (QED) is 0.788. The summed E-state index contributed by atoms with van der Waals surface area (Å²) in [6.07, 6.45) is 5.36. The third-order valence-corrected chi connectivity index (χ3v) is 4.97. The first kappa shape index (κ1) is 14.0. The van der Waals surface area contributed by atoms with Gasteiger partial charge in [-0.1, -0.05) is 24.3 Å². The number of amides is 1. The number of nitrogens with one attached hydrogen (secondary N) is 1. The van der Waals surface area contributed by atoms with Crippen LogP contribution < -0.4 is 5.32 Å². The van der Waals surface area contributed by atoms with Crippen molar-refractivity contribution in [3.8, 4) is 5.69 Å². The van der Waals surface area contributed by atoms with Gasteiger partial charge in [-0.05, 0) is 23.8 Å². The molecule has 1 aromatic carbocycles. The van der Waals surface area contributed by atoms with E-state index in [1.165, 1.54) is 0 Å². The summed E-state index contributed by atoms with van der Waals surface area (Å²) in [6, 6.07) is 14.0. The highest BCUT2D eigenvalue weighted by molar-refractivity contribution is 8.00. The number of benzene rings is 1. The molecule has 0 unspecified atom stereocenters. The normalized spacial score (nSPS) is 17.2. The molecule has 114 valence electrons. The number of nitrogens with zero attached hydrogens (tertiary/aromatic N) is 3. The third kappa shape index (κ3) is 2.61. The highest BCUT2D eigenvalue weighted by Gasteiger charge is 2.29. The summed E-state index contributed by atoms with van der Waals surface area (Å²) >= 11 is 1.59. The SMILES string of the molecule is O=C1CS[C@@H](c2cccnc2)c2c(ncn2-c2ccccc2)N1. The fourth-order valence-corrected chi connectivity index (χ4v) is 3.80. The van der Waals surface area contributed by atoms with E-state index in [0.717, 1.165) is 16.9 Å². The van der Waals surface area contributed by atoms with Crippen LogP contribution in [-0.4, -0.2) is 26.2 Å². The number of aromatic nitrogens is 3. The Morgan fingerprint density at radius 1 is 1.17 bits per heavy atom. The van der Waals surface area contributed by atoms with Crippen molar-refractivity contribution in [3.05, 3.63) is 72.4 Å². The Hall–Kier alpha value is -2.60. The van der Waals surface area contributed by atoms with Crippen LogP contribution in [0, 0.1) is 0 Å². The first-order valence-electron chi connectivity index (χ1n) is 7.27. The van der Waals surface area contributed by atoms with Crippen LogP contribution in [0.5, 0.6) is 0 Å². The molecule has 0 fully saturated rings. The number of thioether (sulfide) groups is 1. The second-order valence-corrected chi connectivity index (χ2v) is 6.30. The number of para-hydroxylation sites is 1. The maximum absolute atomic E-state index is 12.0. The molecule has 4 rings (SSSR count). The summed E-state index contributed by atoms with van der Waals surface area (Å²) in [5.74, 6) is 0.990. The molecule has 1 amide bonds. The number of carbonyl (C=O) groups excluding carboxylic acids is 1. The van der Waals surface area contributed by atoms with Gasteiger partial charge in [-0.2, -0.15) is 0 Å². The molecule has 6 heteroatoms. The van der Waals surface area contributed by atoms with E-state index in [2.05, 4.69) is 15.3 Å². The Kier molecular flexibility index (Phi) is 3.59. The van der Waals surface area contributed by atoms with E-state index >= 15 is 0 Å². The maximum atomic E-state index is 12.0. The lowest BCUT2D eigenvalue weighted by atomic mass is 10.1. The van der Waals surface area contributed by atoms with E-state index in [-0.39, 0.29) is 11.2 Å². The average molecular weight is 322 g/mol. The van der Waals surface area contributed by atoms with Gasteiger partial charge in [0.05, 0.1) is 16.7 Å². The molecule has 3 heterocycles. The second kappa shape index (κ2) is 5.89. The van der Waals surface area contributed by atoms with Gasteiger partial charge in [0.25, 0.3) is 0 Å². The van der Waals surface area contributed by atoms with Crippen LogP contribution in [0.15, 0.2) is 61.2 Å². The van der Waals surface area contributed by atoms with E-state index in [4.69, 9.17) is 0 Å². The Morgan fingerprint density at radius 3 is 2.83 bits per heavy atom. The molecule has 0 aliphatic carbocycles. The molecule has 0 radical (unpaired) electrons. The van der Waals surface area contributed by atoms with Crippen molar-refractivity contribution >= 4 is 23.5 Å². The van der Waals surface area contributed by atoms with Crippen molar-refractivity contribution in [3.63, 3.8) is 0 Å². The molecule has 0 saturated heterocycles. The molecule has 0 bridgehead atoms. The lowest BCUT2D eigenvalue weighted by Gasteiger charge is -2.17. The first-order valence-corrected chi connectivity index (χ1v) is 8.32. The van der Waals surface area contributed by atoms with Crippen LogP contribution in [0.1, 0.15) is 16.5 Å². The van der Waals surface area contributed by atoms with Crippen LogP contribution in [0.3, 0.4) is 0 Å². The molecular formula is C17H14N4OS. The minimum Gasteiger partial charge on any atom is -0.308 e. The van der Waals surface area contributed by atoms with Gasteiger partial charge in [0.2, 0.25) is 5.91 Å². The van der Waals surface area contributed by atoms with Gasteiger partial charge in [0, 0.05) is 18.1 Å². The minimum atomic E-state index is -0.0269. The van der Waals surface area contributed by atoms with Gasteiger partial charge in [-0.15, -0.1) is 11.8 Å². The van der Waals surface area contributed by atoms with Crippen molar-refractivity contribution in [1.29, 1.82) is 0 Å². The van der Waals surface area contributed by atoms with E-state index in [1.54, 1.807) is 24.3 Å². The van der Waals surface area contributed by atoms with Gasteiger partial charge in [-0.25, -0.2) is 4.98 Å². The van der Waals surface area contributed by atoms with E-state index in [0.29, 0.717) is 11.6 Å². The van der Waals surface area contributed by atoms with Crippen molar-refractivity contribution in [2.24, 2.45) is 0 Å². The van der Waals surface area contributed by atoms with Crippen LogP contribution in [0.25, 0.3) is 5.69 Å². The predicted octanol–water partition coefficient (Wildman–Crippen LogP) is 3.04. The zero-order chi connectivity index (χ0) is 15.6. The lowest BCUT2D eigenvalue weighted by molar-refractivity contribution is -0.113. The van der Waals surface area contributed by atoms with E-state index < -0.39 is 0 Å². The Bertz CT molecular complexity index is 832. The predicted molar refractivity (Wildman–Crippen MR) is 90.7 cm³/mol. The third-order valence-electron chi connectivity index (χ3n) is 3.71. The molecule has 5 nitrogen and oxygen atoms in total. The van der Waals surface area contributed by atoms with Crippen molar-refractivity contribution < 1.29 is 4.79 Å². The van der Waals surface area contributed by atoms with Gasteiger partial charge < -0.3 is 5.32 Å². The summed E-state index contributed by atoms with van der Waals surface area (Å²) in [6.45, 7) is 0. The number of hydrogen-bond acceptors (Lipinski definition) is 4. The zero-order valence-corrected chi connectivity index (χ0v) is 13.0. The van der Waals surface area contributed by atoms with Gasteiger partial charge in [0.15, 0.2) is 5.82 Å². The van der Waals surface area contributed by atoms with Gasteiger partial charge in [0.1, 0.15) is 6.33 Å². The van der Waals surface area contributed by atoms with Gasteiger partial charge >= 0.3 is 0 Å². The molecule has 1 N–H and O–H groups in total. The smallest absolute Gasteiger partial charge is 0.235 e. The lowest BCUT2D eigenvalue weighted by Crippen LogP contribution is -2.12. The largest absolute Gasteiger partial charge is 0.308 e. The second-order valence-electron chi connectivity index (χ2n) is 5.21. The molecule has 3 aromatic rings. The van der Waals surface area contributed by atoms with Crippen molar-refractivity contribution in [2.75, 3.05) is 11.1 Å². The average Bonchev–Trinajstić information content (AvgIpc) is 2.93. The Labute approximate surface area is 137 Å². The molecule has 1 atom stereocenters. The van der Waals surface area contributed by atoms with Crippen LogP contribution in [0.4, 0.5) is 5.82 Å². The van der Waals surface area contributed by atoms with Crippen LogP contribution in [-0.2, 0) is 4.79 Å². The molecule has 0 saturated carbocycles. The van der Waals surface area contributed by atoms with Crippen LogP contribution in [0.2, 0.25) is 0 Å². The molecule has 1 aliphatic heterocycles. The van der Waals surface area contributed by atoms with E-state index in [1.807, 2.05) is 53.2 Å². The molecular weight excluding hydrogens is 308 g/mol. The number of pyridine rings is 1.